The first-order chi connectivity index (χ1) is 17.0. The number of benzene rings is 4. The molecule has 1 N–H and O–H groups in total. The molecule has 0 fully saturated rings. The standard InChI is InChI=1S/C28H20ClIN2O3/c1-34-26-15-19(13-22(16-31)28(33)32-24-10-8-23(29)9-11-24)14-25(30)27(26)35-17-18-6-7-20-4-2-3-5-21(20)12-18/h2-15H,17H2,1H3,(H,32,33)/b22-13-. The third kappa shape index (κ3) is 6.13. The Morgan fingerprint density at radius 1 is 1.06 bits per heavy atom. The number of carbonyl (C=O) groups excluding carboxylic acids is 1. The highest BCUT2D eigenvalue weighted by Gasteiger charge is 2.14. The zero-order chi connectivity index (χ0) is 24.8. The zero-order valence-electron chi connectivity index (χ0n) is 18.7. The Bertz CT molecular complexity index is 1460. The molecule has 35 heavy (non-hydrogen) atoms. The molecule has 4 aromatic rings. The fourth-order valence-electron chi connectivity index (χ4n) is 3.49. The Kier molecular flexibility index (Phi) is 7.91. The summed E-state index contributed by atoms with van der Waals surface area (Å²) in [6, 6.07) is 26.6. The number of anilines is 1. The van der Waals surface area contributed by atoms with Crippen LogP contribution in [0.3, 0.4) is 0 Å². The largest absolute Gasteiger partial charge is 0.493 e. The molecular formula is C28H20ClIN2O3. The van der Waals surface area contributed by atoms with E-state index in [1.165, 1.54) is 11.5 Å². The van der Waals surface area contributed by atoms with E-state index < -0.39 is 5.91 Å². The summed E-state index contributed by atoms with van der Waals surface area (Å²) < 4.78 is 12.5. The zero-order valence-corrected chi connectivity index (χ0v) is 21.6. The van der Waals surface area contributed by atoms with Gasteiger partial charge in [-0.2, -0.15) is 5.26 Å². The average Bonchev–Trinajstić information content (AvgIpc) is 2.87. The van der Waals surface area contributed by atoms with Gasteiger partial charge in [-0.05, 0) is 93.0 Å². The fraction of sp³-hybridized carbons (Fsp3) is 0.0714. The van der Waals surface area contributed by atoms with Crippen LogP contribution >= 0.6 is 34.2 Å². The van der Waals surface area contributed by atoms with Crippen molar-refractivity contribution in [3.8, 4) is 17.6 Å². The SMILES string of the molecule is COc1cc(/C=C(/C#N)C(=O)Nc2ccc(Cl)cc2)cc(I)c1OCc1ccc2ccccc2c1. The molecule has 0 aliphatic rings. The molecule has 1 amide bonds. The van der Waals surface area contributed by atoms with E-state index >= 15 is 0 Å². The van der Waals surface area contributed by atoms with Gasteiger partial charge >= 0.3 is 0 Å². The van der Waals surface area contributed by atoms with Gasteiger partial charge in [-0.1, -0.05) is 48.0 Å². The predicted octanol–water partition coefficient (Wildman–Crippen LogP) is 7.23. The van der Waals surface area contributed by atoms with E-state index in [0.717, 1.165) is 14.5 Å². The molecule has 4 aromatic carbocycles. The van der Waals surface area contributed by atoms with Crippen LogP contribution in [0.15, 0.2) is 84.4 Å². The Morgan fingerprint density at radius 3 is 2.51 bits per heavy atom. The van der Waals surface area contributed by atoms with Crippen molar-refractivity contribution in [1.82, 2.24) is 0 Å². The molecule has 0 saturated heterocycles. The van der Waals surface area contributed by atoms with Crippen molar-refractivity contribution < 1.29 is 14.3 Å². The predicted molar refractivity (Wildman–Crippen MR) is 148 cm³/mol. The lowest BCUT2D eigenvalue weighted by Crippen LogP contribution is -2.13. The van der Waals surface area contributed by atoms with Gasteiger partial charge in [0, 0.05) is 10.7 Å². The minimum atomic E-state index is -0.513. The molecule has 0 saturated carbocycles. The van der Waals surface area contributed by atoms with Gasteiger partial charge in [0.2, 0.25) is 0 Å². The van der Waals surface area contributed by atoms with Gasteiger partial charge < -0.3 is 14.8 Å². The molecule has 0 aliphatic heterocycles. The lowest BCUT2D eigenvalue weighted by Gasteiger charge is -2.14. The van der Waals surface area contributed by atoms with Crippen LogP contribution in [-0.4, -0.2) is 13.0 Å². The van der Waals surface area contributed by atoms with E-state index in [-0.39, 0.29) is 5.57 Å². The number of methoxy groups -OCH3 is 1. The number of nitriles is 1. The third-order valence-electron chi connectivity index (χ3n) is 5.23. The quantitative estimate of drug-likeness (QED) is 0.139. The van der Waals surface area contributed by atoms with Gasteiger partial charge in [0.05, 0.1) is 10.7 Å². The number of nitrogens with one attached hydrogen (secondary N) is 1. The Hall–Kier alpha value is -3.54. The lowest BCUT2D eigenvalue weighted by atomic mass is 10.1. The smallest absolute Gasteiger partial charge is 0.266 e. The van der Waals surface area contributed by atoms with Crippen molar-refractivity contribution in [1.29, 1.82) is 5.26 Å². The number of rotatable bonds is 7. The number of hydrogen-bond acceptors (Lipinski definition) is 4. The highest BCUT2D eigenvalue weighted by Crippen LogP contribution is 2.35. The first-order valence-electron chi connectivity index (χ1n) is 10.6. The van der Waals surface area contributed by atoms with E-state index in [0.29, 0.717) is 34.4 Å². The first-order valence-corrected chi connectivity index (χ1v) is 12.1. The lowest BCUT2D eigenvalue weighted by molar-refractivity contribution is -0.112. The van der Waals surface area contributed by atoms with Gasteiger partial charge in [0.15, 0.2) is 11.5 Å². The summed E-state index contributed by atoms with van der Waals surface area (Å²) in [4.78, 5) is 12.6. The van der Waals surface area contributed by atoms with Crippen molar-refractivity contribution in [2.75, 3.05) is 12.4 Å². The van der Waals surface area contributed by atoms with Crippen molar-refractivity contribution in [2.45, 2.75) is 6.61 Å². The van der Waals surface area contributed by atoms with Crippen LogP contribution in [0, 0.1) is 14.9 Å². The van der Waals surface area contributed by atoms with Crippen LogP contribution in [-0.2, 0) is 11.4 Å². The Morgan fingerprint density at radius 2 is 1.80 bits per heavy atom. The average molecular weight is 595 g/mol. The minimum Gasteiger partial charge on any atom is -0.493 e. The van der Waals surface area contributed by atoms with Crippen LogP contribution in [0.1, 0.15) is 11.1 Å². The van der Waals surface area contributed by atoms with Crippen LogP contribution in [0.5, 0.6) is 11.5 Å². The number of nitrogens with zero attached hydrogens (tertiary/aromatic N) is 1. The number of hydrogen-bond donors (Lipinski definition) is 1. The first kappa shape index (κ1) is 24.6. The maximum Gasteiger partial charge on any atom is 0.266 e. The van der Waals surface area contributed by atoms with Gasteiger partial charge in [-0.3, -0.25) is 4.79 Å². The molecule has 0 spiro atoms. The molecule has 174 valence electrons. The van der Waals surface area contributed by atoms with Gasteiger partial charge in [-0.15, -0.1) is 0 Å². The van der Waals surface area contributed by atoms with Gasteiger partial charge in [0.25, 0.3) is 5.91 Å². The molecule has 0 radical (unpaired) electrons. The maximum absolute atomic E-state index is 12.6. The van der Waals surface area contributed by atoms with E-state index in [1.807, 2.05) is 30.3 Å². The van der Waals surface area contributed by atoms with Gasteiger partial charge in [-0.25, -0.2) is 0 Å². The summed E-state index contributed by atoms with van der Waals surface area (Å²) in [6.45, 7) is 0.374. The van der Waals surface area contributed by atoms with Crippen molar-refractivity contribution in [2.24, 2.45) is 0 Å². The molecule has 4 rings (SSSR count). The number of ether oxygens (including phenoxy) is 2. The molecule has 0 bridgehead atoms. The second kappa shape index (κ2) is 11.3. The normalized spacial score (nSPS) is 11.1. The topological polar surface area (TPSA) is 71.3 Å². The molecular weight excluding hydrogens is 575 g/mol. The van der Waals surface area contributed by atoms with E-state index in [1.54, 1.807) is 37.4 Å². The summed E-state index contributed by atoms with van der Waals surface area (Å²) in [5.74, 6) is 0.599. The molecule has 0 atom stereocenters. The summed E-state index contributed by atoms with van der Waals surface area (Å²) >= 11 is 8.04. The fourth-order valence-corrected chi connectivity index (χ4v) is 4.40. The van der Waals surface area contributed by atoms with Crippen LogP contribution in [0.25, 0.3) is 16.8 Å². The number of amides is 1. The summed E-state index contributed by atoms with van der Waals surface area (Å²) in [6.07, 6.45) is 1.52. The van der Waals surface area contributed by atoms with Crippen molar-refractivity contribution in [3.63, 3.8) is 0 Å². The molecule has 5 nitrogen and oxygen atoms in total. The van der Waals surface area contributed by atoms with Crippen LogP contribution in [0.4, 0.5) is 5.69 Å². The van der Waals surface area contributed by atoms with E-state index in [4.69, 9.17) is 21.1 Å². The van der Waals surface area contributed by atoms with Crippen molar-refractivity contribution >= 4 is 62.6 Å². The molecule has 0 aromatic heterocycles. The monoisotopic (exact) mass is 594 g/mol. The second-order valence-corrected chi connectivity index (χ2v) is 9.23. The number of carbonyl (C=O) groups is 1. The molecule has 7 heteroatoms. The van der Waals surface area contributed by atoms with E-state index in [2.05, 4.69) is 52.2 Å². The Balaban J connectivity index is 1.53. The van der Waals surface area contributed by atoms with E-state index in [9.17, 15) is 10.1 Å². The molecule has 0 unspecified atom stereocenters. The van der Waals surface area contributed by atoms with Gasteiger partial charge in [0.1, 0.15) is 18.2 Å². The highest BCUT2D eigenvalue weighted by atomic mass is 127. The highest BCUT2D eigenvalue weighted by molar-refractivity contribution is 14.1. The second-order valence-electron chi connectivity index (χ2n) is 7.64. The summed E-state index contributed by atoms with van der Waals surface area (Å²) in [5.41, 5.74) is 2.19. The Labute approximate surface area is 222 Å². The number of fused-ring (bicyclic) bond motifs is 1. The summed E-state index contributed by atoms with van der Waals surface area (Å²) in [7, 11) is 1.56. The van der Waals surface area contributed by atoms with Crippen LogP contribution in [0.2, 0.25) is 5.02 Å². The maximum atomic E-state index is 12.6. The third-order valence-corrected chi connectivity index (χ3v) is 6.28. The minimum absolute atomic E-state index is 0.0392. The summed E-state index contributed by atoms with van der Waals surface area (Å²) in [5, 5.41) is 15.1. The molecule has 0 aliphatic carbocycles. The van der Waals surface area contributed by atoms with Crippen molar-refractivity contribution in [3.05, 3.63) is 104 Å². The molecule has 0 heterocycles. The van der Waals surface area contributed by atoms with Crippen LogP contribution < -0.4 is 14.8 Å². The number of halogens is 2.